The van der Waals surface area contributed by atoms with Crippen LogP contribution in [0.1, 0.15) is 38.3 Å². The summed E-state index contributed by atoms with van der Waals surface area (Å²) in [5.41, 5.74) is 1.22. The molecule has 0 amide bonds. The van der Waals surface area contributed by atoms with E-state index >= 15 is 0 Å². The molecule has 0 aliphatic heterocycles. The highest BCUT2D eigenvalue weighted by atomic mass is 32.1. The molecule has 2 rings (SSSR count). The summed E-state index contributed by atoms with van der Waals surface area (Å²) in [5, 5.41) is 1.23. The number of rotatable bonds is 3. The molecule has 2 nitrogen and oxygen atoms in total. The number of nitrogens with zero attached hydrogens (tertiary/aromatic N) is 2. The lowest BCUT2D eigenvalue weighted by Crippen LogP contribution is -1.93. The first-order chi connectivity index (χ1) is 6.83. The van der Waals surface area contributed by atoms with Gasteiger partial charge in [-0.3, -0.25) is 0 Å². The van der Waals surface area contributed by atoms with Crippen molar-refractivity contribution in [1.29, 1.82) is 0 Å². The highest BCUT2D eigenvalue weighted by molar-refractivity contribution is 7.12. The van der Waals surface area contributed by atoms with Gasteiger partial charge in [-0.25, -0.2) is 4.98 Å². The van der Waals surface area contributed by atoms with Crippen LogP contribution in [0.15, 0.2) is 18.3 Å². The molecule has 3 heteroatoms. The van der Waals surface area contributed by atoms with Crippen LogP contribution in [0.4, 0.5) is 0 Å². The second-order valence-corrected chi connectivity index (χ2v) is 4.37. The minimum atomic E-state index is 0.554. The van der Waals surface area contributed by atoms with E-state index in [-0.39, 0.29) is 0 Å². The quantitative estimate of drug-likeness (QED) is 0.767. The van der Waals surface area contributed by atoms with Crippen molar-refractivity contribution >= 4 is 21.7 Å². The Labute approximate surface area is 88.2 Å². The van der Waals surface area contributed by atoms with E-state index in [1.165, 1.54) is 35.5 Å². The summed E-state index contributed by atoms with van der Waals surface area (Å²) in [7, 11) is 0. The first kappa shape index (κ1) is 9.59. The molecule has 0 fully saturated rings. The monoisotopic (exact) mass is 206 g/mol. The molecular weight excluding hydrogens is 192 g/mol. The zero-order chi connectivity index (χ0) is 9.97. The van der Waals surface area contributed by atoms with Gasteiger partial charge in [-0.15, -0.1) is 0 Å². The maximum Gasteiger partial charge on any atom is 0.143 e. The van der Waals surface area contributed by atoms with Crippen molar-refractivity contribution in [3.63, 3.8) is 0 Å². The zero-order valence-corrected chi connectivity index (χ0v) is 9.34. The summed E-state index contributed by atoms with van der Waals surface area (Å²) >= 11 is 1.51. The van der Waals surface area contributed by atoms with Gasteiger partial charge >= 0.3 is 0 Å². The number of hydrogen-bond donors (Lipinski definition) is 0. The van der Waals surface area contributed by atoms with E-state index in [1.807, 2.05) is 12.3 Å². The number of pyridine rings is 1. The van der Waals surface area contributed by atoms with Crippen LogP contribution in [-0.4, -0.2) is 9.36 Å². The van der Waals surface area contributed by atoms with Crippen LogP contribution in [0, 0.1) is 0 Å². The predicted octanol–water partition coefficient (Wildman–Crippen LogP) is 3.59. The minimum absolute atomic E-state index is 0.554. The molecule has 2 heterocycles. The van der Waals surface area contributed by atoms with Gasteiger partial charge < -0.3 is 0 Å². The maximum absolute atomic E-state index is 4.49. The summed E-state index contributed by atoms with van der Waals surface area (Å²) in [4.78, 5) is 5.36. The Morgan fingerprint density at radius 3 is 3.14 bits per heavy atom. The van der Waals surface area contributed by atoms with E-state index in [4.69, 9.17) is 0 Å². The zero-order valence-electron chi connectivity index (χ0n) is 8.53. The average Bonchev–Trinajstić information content (AvgIpc) is 2.61. The molecule has 74 valence electrons. The fourth-order valence-corrected chi connectivity index (χ4v) is 2.57. The summed E-state index contributed by atoms with van der Waals surface area (Å²) < 4.78 is 4.49. The third-order valence-electron chi connectivity index (χ3n) is 2.47. The van der Waals surface area contributed by atoms with Crippen LogP contribution in [0.5, 0.6) is 0 Å². The van der Waals surface area contributed by atoms with Gasteiger partial charge in [0.2, 0.25) is 0 Å². The van der Waals surface area contributed by atoms with Gasteiger partial charge in [-0.05, 0) is 30.1 Å². The normalized spacial score (nSPS) is 13.3. The Balaban J connectivity index is 2.42. The molecule has 0 spiro atoms. The topological polar surface area (TPSA) is 25.8 Å². The fraction of sp³-hybridized carbons (Fsp3) is 0.455. The maximum atomic E-state index is 4.49. The SMILES string of the molecule is CCCC(C)c1nsc2ncccc12. The molecule has 0 N–H and O–H groups in total. The van der Waals surface area contributed by atoms with Gasteiger partial charge in [-0.2, -0.15) is 4.37 Å². The second kappa shape index (κ2) is 4.05. The largest absolute Gasteiger partial charge is 0.244 e. The van der Waals surface area contributed by atoms with Crippen LogP contribution in [0.3, 0.4) is 0 Å². The molecule has 0 bridgehead atoms. The molecule has 0 saturated heterocycles. The number of fused-ring (bicyclic) bond motifs is 1. The third-order valence-corrected chi connectivity index (χ3v) is 3.25. The average molecular weight is 206 g/mol. The third kappa shape index (κ3) is 1.64. The molecule has 0 aliphatic carbocycles. The van der Waals surface area contributed by atoms with Crippen molar-refractivity contribution < 1.29 is 0 Å². The Morgan fingerprint density at radius 2 is 2.36 bits per heavy atom. The van der Waals surface area contributed by atoms with Crippen LogP contribution >= 0.6 is 11.5 Å². The van der Waals surface area contributed by atoms with Gasteiger partial charge in [0.25, 0.3) is 0 Å². The lowest BCUT2D eigenvalue weighted by atomic mass is 10.0. The number of aromatic nitrogens is 2. The van der Waals surface area contributed by atoms with Crippen LogP contribution in [-0.2, 0) is 0 Å². The van der Waals surface area contributed by atoms with Crippen LogP contribution < -0.4 is 0 Å². The smallest absolute Gasteiger partial charge is 0.143 e. The molecule has 14 heavy (non-hydrogen) atoms. The highest BCUT2D eigenvalue weighted by Crippen LogP contribution is 2.28. The standard InChI is InChI=1S/C11H14N2S/c1-3-5-8(2)10-9-6-4-7-12-11(9)14-13-10/h4,6-8H,3,5H2,1-2H3. The molecular formula is C11H14N2S. The van der Waals surface area contributed by atoms with Gasteiger partial charge in [0.1, 0.15) is 4.83 Å². The van der Waals surface area contributed by atoms with Gasteiger partial charge in [0.15, 0.2) is 0 Å². The van der Waals surface area contributed by atoms with Crippen LogP contribution in [0.25, 0.3) is 10.2 Å². The summed E-state index contributed by atoms with van der Waals surface area (Å²) in [6.07, 6.45) is 4.24. The molecule has 2 aromatic heterocycles. The van der Waals surface area contributed by atoms with Crippen molar-refractivity contribution in [2.75, 3.05) is 0 Å². The molecule has 0 saturated carbocycles. The van der Waals surface area contributed by atoms with Gasteiger partial charge in [-0.1, -0.05) is 20.3 Å². The molecule has 1 unspecified atom stereocenters. The van der Waals surface area contributed by atoms with Gasteiger partial charge in [0, 0.05) is 17.5 Å². The van der Waals surface area contributed by atoms with Crippen LogP contribution in [0.2, 0.25) is 0 Å². The van der Waals surface area contributed by atoms with E-state index in [0.717, 1.165) is 4.83 Å². The van der Waals surface area contributed by atoms with E-state index < -0.39 is 0 Å². The highest BCUT2D eigenvalue weighted by Gasteiger charge is 2.12. The van der Waals surface area contributed by atoms with Crippen molar-refractivity contribution in [3.05, 3.63) is 24.0 Å². The van der Waals surface area contributed by atoms with E-state index in [0.29, 0.717) is 5.92 Å². The second-order valence-electron chi connectivity index (χ2n) is 3.61. The Morgan fingerprint density at radius 1 is 1.50 bits per heavy atom. The number of hydrogen-bond acceptors (Lipinski definition) is 3. The summed E-state index contributed by atoms with van der Waals surface area (Å²) in [6.45, 7) is 4.45. The van der Waals surface area contributed by atoms with Crippen molar-refractivity contribution in [2.24, 2.45) is 0 Å². The van der Waals surface area contributed by atoms with E-state index in [9.17, 15) is 0 Å². The first-order valence-corrected chi connectivity index (χ1v) is 5.80. The molecule has 1 atom stereocenters. The van der Waals surface area contributed by atoms with Gasteiger partial charge in [0.05, 0.1) is 5.69 Å². The lowest BCUT2D eigenvalue weighted by molar-refractivity contribution is 0.658. The summed E-state index contributed by atoms with van der Waals surface area (Å²) in [6, 6.07) is 4.10. The summed E-state index contributed by atoms with van der Waals surface area (Å²) in [5.74, 6) is 0.554. The first-order valence-electron chi connectivity index (χ1n) is 5.03. The van der Waals surface area contributed by atoms with Crippen molar-refractivity contribution in [1.82, 2.24) is 9.36 Å². The minimum Gasteiger partial charge on any atom is -0.244 e. The van der Waals surface area contributed by atoms with Crippen molar-refractivity contribution in [3.8, 4) is 0 Å². The predicted molar refractivity (Wildman–Crippen MR) is 60.7 cm³/mol. The molecule has 0 radical (unpaired) electrons. The Kier molecular flexibility index (Phi) is 2.77. The Bertz CT molecular complexity index is 422. The Hall–Kier alpha value is -0.960. The molecule has 0 aliphatic rings. The molecule has 0 aromatic carbocycles. The van der Waals surface area contributed by atoms with E-state index in [1.54, 1.807) is 0 Å². The fourth-order valence-electron chi connectivity index (χ4n) is 1.73. The lowest BCUT2D eigenvalue weighted by Gasteiger charge is -2.06. The molecule has 2 aromatic rings. The van der Waals surface area contributed by atoms with Crippen molar-refractivity contribution in [2.45, 2.75) is 32.6 Å². The van der Waals surface area contributed by atoms with E-state index in [2.05, 4.69) is 29.3 Å².